The molecule has 3 atom stereocenters. The van der Waals surface area contributed by atoms with Crippen molar-refractivity contribution in [3.05, 3.63) is 47.0 Å². The van der Waals surface area contributed by atoms with E-state index in [0.717, 1.165) is 56.9 Å². The summed E-state index contributed by atoms with van der Waals surface area (Å²) in [7, 11) is 1.42. The maximum atomic E-state index is 12.6. The molecule has 28 heavy (non-hydrogen) atoms. The SMILES string of the molecule is COC(=O)CCCc1ccccc1C[C@@H]1C(=O)CC[C@H]1/C=C1\CCCC[C@@H]1O. The molecule has 2 aliphatic rings. The maximum Gasteiger partial charge on any atom is 0.305 e. The first kappa shape index (κ1) is 20.8. The van der Waals surface area contributed by atoms with E-state index in [0.29, 0.717) is 18.6 Å². The van der Waals surface area contributed by atoms with Crippen molar-refractivity contribution in [2.45, 2.75) is 70.3 Å². The molecule has 3 rings (SSSR count). The minimum absolute atomic E-state index is 0.00313. The average molecular weight is 385 g/mol. The number of hydrogen-bond acceptors (Lipinski definition) is 4. The quantitative estimate of drug-likeness (QED) is 0.566. The Bertz CT molecular complexity index is 721. The van der Waals surface area contributed by atoms with E-state index in [1.54, 1.807) is 0 Å². The lowest BCUT2D eigenvalue weighted by Gasteiger charge is -2.24. The third-order valence-electron chi connectivity index (χ3n) is 6.32. The Hall–Kier alpha value is -1.94. The number of allylic oxidation sites excluding steroid dienone is 1. The molecule has 1 aromatic carbocycles. The van der Waals surface area contributed by atoms with Crippen LogP contribution in [-0.4, -0.2) is 30.1 Å². The van der Waals surface area contributed by atoms with Gasteiger partial charge in [-0.25, -0.2) is 0 Å². The highest BCUT2D eigenvalue weighted by Crippen LogP contribution is 2.36. The molecule has 0 bridgehead atoms. The number of benzene rings is 1. The summed E-state index contributed by atoms with van der Waals surface area (Å²) in [5, 5.41) is 10.3. The number of aliphatic hydroxyl groups is 1. The smallest absolute Gasteiger partial charge is 0.305 e. The summed E-state index contributed by atoms with van der Waals surface area (Å²) < 4.78 is 4.72. The van der Waals surface area contributed by atoms with E-state index in [1.165, 1.54) is 18.2 Å². The zero-order valence-corrected chi connectivity index (χ0v) is 16.9. The molecule has 2 saturated carbocycles. The Labute approximate surface area is 168 Å². The third-order valence-corrected chi connectivity index (χ3v) is 6.32. The van der Waals surface area contributed by atoms with Crippen molar-refractivity contribution >= 4 is 11.8 Å². The molecule has 0 spiro atoms. The lowest BCUT2D eigenvalue weighted by Crippen LogP contribution is -2.20. The Morgan fingerprint density at radius 2 is 1.96 bits per heavy atom. The molecule has 152 valence electrons. The number of ketones is 1. The van der Waals surface area contributed by atoms with Crippen molar-refractivity contribution in [3.8, 4) is 0 Å². The first-order chi connectivity index (χ1) is 13.6. The van der Waals surface area contributed by atoms with Crippen LogP contribution in [0.25, 0.3) is 0 Å². The summed E-state index contributed by atoms with van der Waals surface area (Å²) in [4.78, 5) is 24.0. The highest BCUT2D eigenvalue weighted by atomic mass is 16.5. The van der Waals surface area contributed by atoms with E-state index < -0.39 is 0 Å². The summed E-state index contributed by atoms with van der Waals surface area (Å²) in [6, 6.07) is 8.26. The molecular weight excluding hydrogens is 352 g/mol. The second-order valence-electron chi connectivity index (χ2n) is 8.18. The largest absolute Gasteiger partial charge is 0.469 e. The van der Waals surface area contributed by atoms with Gasteiger partial charge >= 0.3 is 5.97 Å². The third kappa shape index (κ3) is 5.32. The van der Waals surface area contributed by atoms with Gasteiger partial charge in [0.2, 0.25) is 0 Å². The van der Waals surface area contributed by atoms with Gasteiger partial charge in [0.25, 0.3) is 0 Å². The fraction of sp³-hybridized carbons (Fsp3) is 0.583. The second kappa shape index (κ2) is 10.0. The zero-order chi connectivity index (χ0) is 19.9. The predicted molar refractivity (Wildman–Crippen MR) is 109 cm³/mol. The molecule has 0 amide bonds. The molecule has 1 N–H and O–H groups in total. The fourth-order valence-corrected chi connectivity index (χ4v) is 4.65. The minimum atomic E-state index is -0.323. The minimum Gasteiger partial charge on any atom is -0.469 e. The number of carbonyl (C=O) groups excluding carboxylic acids is 2. The van der Waals surface area contributed by atoms with Crippen LogP contribution in [0.3, 0.4) is 0 Å². The van der Waals surface area contributed by atoms with Gasteiger partial charge in [-0.3, -0.25) is 9.59 Å². The highest BCUT2D eigenvalue weighted by Gasteiger charge is 2.34. The second-order valence-corrected chi connectivity index (χ2v) is 8.18. The average Bonchev–Trinajstić information content (AvgIpc) is 3.04. The predicted octanol–water partition coefficient (Wildman–Crippen LogP) is 4.18. The van der Waals surface area contributed by atoms with Crippen molar-refractivity contribution in [3.63, 3.8) is 0 Å². The number of aliphatic hydroxyl groups excluding tert-OH is 1. The highest BCUT2D eigenvalue weighted by molar-refractivity contribution is 5.84. The zero-order valence-electron chi connectivity index (χ0n) is 16.9. The molecule has 1 aromatic rings. The van der Waals surface area contributed by atoms with Crippen molar-refractivity contribution in [1.82, 2.24) is 0 Å². The molecule has 2 fully saturated rings. The summed E-state index contributed by atoms with van der Waals surface area (Å²) in [5.74, 6) is 0.402. The lowest BCUT2D eigenvalue weighted by molar-refractivity contribution is -0.140. The van der Waals surface area contributed by atoms with Crippen molar-refractivity contribution in [2.75, 3.05) is 7.11 Å². The number of hydrogen-bond donors (Lipinski definition) is 1. The van der Waals surface area contributed by atoms with E-state index in [-0.39, 0.29) is 23.9 Å². The molecule has 0 unspecified atom stereocenters. The van der Waals surface area contributed by atoms with E-state index in [4.69, 9.17) is 4.74 Å². The monoisotopic (exact) mass is 384 g/mol. The molecule has 4 nitrogen and oxygen atoms in total. The van der Waals surface area contributed by atoms with Crippen molar-refractivity contribution in [2.24, 2.45) is 11.8 Å². The summed E-state index contributed by atoms with van der Waals surface area (Å²) >= 11 is 0. The van der Waals surface area contributed by atoms with Crippen LogP contribution in [0.2, 0.25) is 0 Å². The summed E-state index contributed by atoms with van der Waals surface area (Å²) in [6.07, 6.45) is 10.2. The molecule has 0 saturated heterocycles. The van der Waals surface area contributed by atoms with E-state index in [1.807, 2.05) is 12.1 Å². The van der Waals surface area contributed by atoms with E-state index >= 15 is 0 Å². The number of esters is 1. The van der Waals surface area contributed by atoms with Crippen LogP contribution in [0.1, 0.15) is 62.5 Å². The van der Waals surface area contributed by atoms with Crippen LogP contribution in [0.5, 0.6) is 0 Å². The summed E-state index contributed by atoms with van der Waals surface area (Å²) in [6.45, 7) is 0. The molecule has 4 heteroatoms. The Morgan fingerprint density at radius 3 is 2.71 bits per heavy atom. The van der Waals surface area contributed by atoms with Crippen LogP contribution in [0.4, 0.5) is 0 Å². The fourth-order valence-electron chi connectivity index (χ4n) is 4.65. The van der Waals surface area contributed by atoms with E-state index in [2.05, 4.69) is 18.2 Å². The molecule has 0 aliphatic heterocycles. The van der Waals surface area contributed by atoms with Gasteiger partial charge < -0.3 is 9.84 Å². The van der Waals surface area contributed by atoms with Gasteiger partial charge in [-0.15, -0.1) is 0 Å². The Balaban J connectivity index is 1.69. The molecule has 0 aromatic heterocycles. The molecule has 0 radical (unpaired) electrons. The van der Waals surface area contributed by atoms with Crippen LogP contribution in [0.15, 0.2) is 35.9 Å². The van der Waals surface area contributed by atoms with Crippen LogP contribution >= 0.6 is 0 Å². The van der Waals surface area contributed by atoms with Gasteiger partial charge in [-0.2, -0.15) is 0 Å². The number of carbonyl (C=O) groups is 2. The van der Waals surface area contributed by atoms with Gasteiger partial charge in [0.1, 0.15) is 5.78 Å². The standard InChI is InChI=1S/C24H32O4/c1-28-24(27)12-6-10-17-7-2-3-8-18(17)16-21-19(13-14-23(21)26)15-20-9-4-5-11-22(20)25/h2-3,7-8,15,19,21-22,25H,4-6,9-14,16H2,1H3/b20-15+/t19-,21-,22-/m0/s1. The maximum absolute atomic E-state index is 12.6. The lowest BCUT2D eigenvalue weighted by atomic mass is 9.83. The number of ether oxygens (including phenoxy) is 1. The Kier molecular flexibility index (Phi) is 7.43. The van der Waals surface area contributed by atoms with E-state index in [9.17, 15) is 14.7 Å². The number of aryl methyl sites for hydroxylation is 1. The molecule has 2 aliphatic carbocycles. The molecule has 0 heterocycles. The molecular formula is C24H32O4. The van der Waals surface area contributed by atoms with Gasteiger partial charge in [-0.05, 0) is 67.6 Å². The van der Waals surface area contributed by atoms with Crippen molar-refractivity contribution < 1.29 is 19.4 Å². The van der Waals surface area contributed by atoms with Crippen LogP contribution in [0, 0.1) is 11.8 Å². The number of Topliss-reactive ketones (excluding diaryl/α,β-unsaturated/α-hetero) is 1. The van der Waals surface area contributed by atoms with Gasteiger partial charge in [0.15, 0.2) is 0 Å². The number of rotatable bonds is 7. The summed E-state index contributed by atoms with van der Waals surface area (Å²) in [5.41, 5.74) is 3.57. The normalized spacial score (nSPS) is 26.6. The topological polar surface area (TPSA) is 63.6 Å². The Morgan fingerprint density at radius 1 is 1.18 bits per heavy atom. The first-order valence-electron chi connectivity index (χ1n) is 10.6. The van der Waals surface area contributed by atoms with Crippen molar-refractivity contribution in [1.29, 1.82) is 0 Å². The van der Waals surface area contributed by atoms with Crippen LogP contribution in [-0.2, 0) is 27.2 Å². The van der Waals surface area contributed by atoms with Gasteiger partial charge in [-0.1, -0.05) is 36.8 Å². The first-order valence-corrected chi connectivity index (χ1v) is 10.6. The number of methoxy groups -OCH3 is 1. The van der Waals surface area contributed by atoms with Gasteiger partial charge in [0.05, 0.1) is 13.2 Å². The van der Waals surface area contributed by atoms with Crippen LogP contribution < -0.4 is 0 Å². The van der Waals surface area contributed by atoms with Gasteiger partial charge in [0, 0.05) is 18.8 Å².